The Morgan fingerprint density at radius 3 is 2.31 bits per heavy atom. The van der Waals surface area contributed by atoms with E-state index >= 15 is 0 Å². The molecule has 0 unspecified atom stereocenters. The lowest BCUT2D eigenvalue weighted by molar-refractivity contribution is -0.115. The quantitative estimate of drug-likeness (QED) is 0.699. The van der Waals surface area contributed by atoms with Crippen molar-refractivity contribution in [3.63, 3.8) is 0 Å². The number of hydrogen-bond acceptors (Lipinski definition) is 3. The lowest BCUT2D eigenvalue weighted by Crippen LogP contribution is -2.17. The molecule has 0 aliphatic rings. The number of nitrogens with zero attached hydrogens (tertiary/aromatic N) is 1. The van der Waals surface area contributed by atoms with Crippen molar-refractivity contribution in [1.29, 1.82) is 0 Å². The highest BCUT2D eigenvalue weighted by Gasteiger charge is 2.12. The molecule has 2 aromatic rings. The third-order valence-corrected chi connectivity index (χ3v) is 5.05. The lowest BCUT2D eigenvalue weighted by atomic mass is 10.0. The minimum atomic E-state index is -0.0864. The van der Waals surface area contributed by atoms with Gasteiger partial charge < -0.3 is 10.2 Å². The van der Waals surface area contributed by atoms with Crippen molar-refractivity contribution in [3.8, 4) is 0 Å². The fraction of sp³-hybridized carbons (Fsp3) is 0.333. The van der Waals surface area contributed by atoms with E-state index in [0.717, 1.165) is 28.6 Å². The number of unbranched alkanes of at least 4 members (excludes halogenated alkanes) is 1. The van der Waals surface area contributed by atoms with E-state index in [9.17, 15) is 9.59 Å². The molecule has 0 heterocycles. The number of amides is 2. The van der Waals surface area contributed by atoms with Crippen molar-refractivity contribution in [2.45, 2.75) is 37.5 Å². The molecule has 0 aromatic heterocycles. The van der Waals surface area contributed by atoms with E-state index in [0.29, 0.717) is 12.1 Å². The van der Waals surface area contributed by atoms with E-state index in [2.05, 4.69) is 24.4 Å². The number of rotatable bonds is 7. The van der Waals surface area contributed by atoms with Gasteiger partial charge in [0.15, 0.2) is 0 Å². The van der Waals surface area contributed by atoms with Crippen molar-refractivity contribution in [2.24, 2.45) is 0 Å². The SMILES string of the molecule is CCCCc1ccc(CC(=O)Nc2ccccc2SC(=O)N(C)C)cc1. The maximum absolute atomic E-state index is 12.4. The second kappa shape index (κ2) is 10.0. The average molecular weight is 371 g/mol. The average Bonchev–Trinajstić information content (AvgIpc) is 2.62. The molecule has 0 radical (unpaired) electrons. The maximum atomic E-state index is 12.4. The molecule has 138 valence electrons. The van der Waals surface area contributed by atoms with Gasteiger partial charge in [0.05, 0.1) is 12.1 Å². The van der Waals surface area contributed by atoms with Crippen LogP contribution >= 0.6 is 11.8 Å². The number of thioether (sulfide) groups is 1. The lowest BCUT2D eigenvalue weighted by Gasteiger charge is -2.13. The summed E-state index contributed by atoms with van der Waals surface area (Å²) in [5.74, 6) is -0.0864. The van der Waals surface area contributed by atoms with Gasteiger partial charge >= 0.3 is 0 Å². The summed E-state index contributed by atoms with van der Waals surface area (Å²) in [7, 11) is 3.42. The normalized spacial score (nSPS) is 10.4. The van der Waals surface area contributed by atoms with Crippen LogP contribution in [0.3, 0.4) is 0 Å². The predicted octanol–water partition coefficient (Wildman–Crippen LogP) is 4.98. The van der Waals surface area contributed by atoms with E-state index in [4.69, 9.17) is 0 Å². The number of para-hydroxylation sites is 1. The highest BCUT2D eigenvalue weighted by Crippen LogP contribution is 2.28. The Hall–Kier alpha value is -2.27. The summed E-state index contributed by atoms with van der Waals surface area (Å²) in [4.78, 5) is 26.6. The van der Waals surface area contributed by atoms with Crippen LogP contribution < -0.4 is 5.32 Å². The molecule has 5 heteroatoms. The van der Waals surface area contributed by atoms with Crippen LogP contribution in [0.5, 0.6) is 0 Å². The van der Waals surface area contributed by atoms with Gasteiger partial charge in [-0.3, -0.25) is 9.59 Å². The first-order valence-corrected chi connectivity index (χ1v) is 9.67. The van der Waals surface area contributed by atoms with Gasteiger partial charge in [0, 0.05) is 19.0 Å². The van der Waals surface area contributed by atoms with Crippen molar-refractivity contribution >= 4 is 28.6 Å². The summed E-state index contributed by atoms with van der Waals surface area (Å²) in [6, 6.07) is 15.6. The molecule has 0 saturated carbocycles. The number of anilines is 1. The summed E-state index contributed by atoms with van der Waals surface area (Å²) in [5.41, 5.74) is 2.95. The maximum Gasteiger partial charge on any atom is 0.286 e. The molecule has 4 nitrogen and oxygen atoms in total. The molecule has 26 heavy (non-hydrogen) atoms. The first kappa shape index (κ1) is 20.0. The van der Waals surface area contributed by atoms with Crippen LogP contribution in [0.15, 0.2) is 53.4 Å². The van der Waals surface area contributed by atoms with Gasteiger partial charge in [-0.25, -0.2) is 0 Å². The van der Waals surface area contributed by atoms with Gasteiger partial charge in [-0.05, 0) is 47.9 Å². The van der Waals surface area contributed by atoms with Gasteiger partial charge in [-0.15, -0.1) is 0 Å². The Bertz CT molecular complexity index is 742. The number of aryl methyl sites for hydroxylation is 1. The second-order valence-electron chi connectivity index (χ2n) is 6.40. The molecule has 2 rings (SSSR count). The molecular weight excluding hydrogens is 344 g/mol. The van der Waals surface area contributed by atoms with Crippen LogP contribution in [-0.4, -0.2) is 30.1 Å². The Balaban J connectivity index is 1.98. The first-order valence-electron chi connectivity index (χ1n) is 8.85. The highest BCUT2D eigenvalue weighted by atomic mass is 32.2. The molecule has 2 aromatic carbocycles. The minimum absolute atomic E-state index is 0.0747. The molecular formula is C21H26N2O2S. The highest BCUT2D eigenvalue weighted by molar-refractivity contribution is 8.13. The molecule has 0 spiro atoms. The molecule has 0 atom stereocenters. The Kier molecular flexibility index (Phi) is 7.73. The van der Waals surface area contributed by atoms with Crippen molar-refractivity contribution in [2.75, 3.05) is 19.4 Å². The van der Waals surface area contributed by atoms with E-state index in [1.807, 2.05) is 36.4 Å². The Morgan fingerprint density at radius 1 is 1.00 bits per heavy atom. The zero-order valence-electron chi connectivity index (χ0n) is 15.6. The molecule has 0 aliphatic carbocycles. The van der Waals surface area contributed by atoms with E-state index in [1.165, 1.54) is 23.3 Å². The van der Waals surface area contributed by atoms with Gasteiger partial charge in [0.25, 0.3) is 5.24 Å². The second-order valence-corrected chi connectivity index (χ2v) is 7.40. The summed E-state index contributed by atoms with van der Waals surface area (Å²) in [5, 5.41) is 2.85. The van der Waals surface area contributed by atoms with Crippen LogP contribution in [0.1, 0.15) is 30.9 Å². The molecule has 2 amide bonds. The monoisotopic (exact) mass is 370 g/mol. The number of nitrogens with one attached hydrogen (secondary N) is 1. The zero-order valence-corrected chi connectivity index (χ0v) is 16.4. The standard InChI is InChI=1S/C21H26N2O2S/c1-4-5-8-16-11-13-17(14-12-16)15-20(24)22-18-9-6-7-10-19(18)26-21(25)23(2)3/h6-7,9-14H,4-5,8,15H2,1-3H3,(H,22,24). The molecule has 1 N–H and O–H groups in total. The van der Waals surface area contributed by atoms with E-state index in [1.54, 1.807) is 14.1 Å². The van der Waals surface area contributed by atoms with E-state index in [-0.39, 0.29) is 11.1 Å². The summed E-state index contributed by atoms with van der Waals surface area (Å²) in [6.45, 7) is 2.18. The van der Waals surface area contributed by atoms with Crippen LogP contribution in [-0.2, 0) is 17.6 Å². The molecule has 0 fully saturated rings. The smallest absolute Gasteiger partial charge is 0.286 e. The molecule has 0 saturated heterocycles. The number of benzene rings is 2. The van der Waals surface area contributed by atoms with Gasteiger partial charge in [0.1, 0.15) is 0 Å². The number of hydrogen-bond donors (Lipinski definition) is 1. The van der Waals surface area contributed by atoms with Gasteiger partial charge in [-0.2, -0.15) is 0 Å². The van der Waals surface area contributed by atoms with Crippen LogP contribution in [0.2, 0.25) is 0 Å². The van der Waals surface area contributed by atoms with Gasteiger partial charge in [-0.1, -0.05) is 49.7 Å². The number of carbonyl (C=O) groups excluding carboxylic acids is 2. The first-order chi connectivity index (χ1) is 12.5. The zero-order chi connectivity index (χ0) is 18.9. The third-order valence-electron chi connectivity index (χ3n) is 3.93. The van der Waals surface area contributed by atoms with Crippen LogP contribution in [0.4, 0.5) is 10.5 Å². The summed E-state index contributed by atoms with van der Waals surface area (Å²) in [6.07, 6.45) is 3.75. The predicted molar refractivity (Wildman–Crippen MR) is 109 cm³/mol. The Morgan fingerprint density at radius 2 is 1.65 bits per heavy atom. The van der Waals surface area contributed by atoms with Crippen LogP contribution in [0, 0.1) is 0 Å². The fourth-order valence-electron chi connectivity index (χ4n) is 2.43. The van der Waals surface area contributed by atoms with Crippen molar-refractivity contribution in [3.05, 3.63) is 59.7 Å². The van der Waals surface area contributed by atoms with E-state index < -0.39 is 0 Å². The van der Waals surface area contributed by atoms with Crippen molar-refractivity contribution < 1.29 is 9.59 Å². The van der Waals surface area contributed by atoms with Crippen LogP contribution in [0.25, 0.3) is 0 Å². The number of carbonyl (C=O) groups is 2. The fourth-order valence-corrected chi connectivity index (χ4v) is 3.18. The van der Waals surface area contributed by atoms with Crippen molar-refractivity contribution in [1.82, 2.24) is 4.90 Å². The van der Waals surface area contributed by atoms with Gasteiger partial charge in [0.2, 0.25) is 5.91 Å². The summed E-state index contributed by atoms with van der Waals surface area (Å²) >= 11 is 1.11. The third kappa shape index (κ3) is 6.23. The minimum Gasteiger partial charge on any atom is -0.339 e. The largest absolute Gasteiger partial charge is 0.339 e. The molecule has 0 bridgehead atoms. The summed E-state index contributed by atoms with van der Waals surface area (Å²) < 4.78 is 0. The molecule has 0 aliphatic heterocycles. The Labute approximate surface area is 160 Å². The topological polar surface area (TPSA) is 49.4 Å².